The Bertz CT molecular complexity index is 775. The van der Waals surface area contributed by atoms with Crippen LogP contribution >= 0.6 is 11.8 Å². The van der Waals surface area contributed by atoms with E-state index in [1.165, 1.54) is 6.21 Å². The van der Waals surface area contributed by atoms with E-state index in [1.807, 2.05) is 4.98 Å². The van der Waals surface area contributed by atoms with Crippen molar-refractivity contribution < 1.29 is 9.21 Å². The molecule has 0 aliphatic rings. The Balaban J connectivity index is 1.83. The molecule has 2 aromatic heterocycles. The second kappa shape index (κ2) is 6.70. The fourth-order valence-electron chi connectivity index (χ4n) is 1.29. The van der Waals surface area contributed by atoms with Gasteiger partial charge in [-0.2, -0.15) is 10.2 Å². The van der Waals surface area contributed by atoms with Crippen LogP contribution in [0, 0.1) is 6.92 Å². The number of hydrogen-bond donors (Lipinski definition) is 3. The minimum atomic E-state index is -0.702. The first kappa shape index (κ1) is 14.8. The van der Waals surface area contributed by atoms with Crippen molar-refractivity contribution in [2.24, 2.45) is 5.10 Å². The molecule has 0 bridgehead atoms. The summed E-state index contributed by atoms with van der Waals surface area (Å²) in [6, 6.07) is 3.48. The van der Waals surface area contributed by atoms with Crippen molar-refractivity contribution in [1.82, 2.24) is 20.6 Å². The number of carbonyl (C=O) groups is 1. The van der Waals surface area contributed by atoms with Gasteiger partial charge >= 0.3 is 5.69 Å². The molecule has 0 atom stereocenters. The Hall–Kier alpha value is -2.62. The Labute approximate surface area is 121 Å². The number of thioether (sulfide) groups is 1. The van der Waals surface area contributed by atoms with E-state index in [2.05, 4.69) is 20.7 Å². The van der Waals surface area contributed by atoms with Crippen molar-refractivity contribution in [3.05, 3.63) is 44.5 Å². The SMILES string of the molecule is Cc1ccc(/C=N/NC(=O)CSc2n[nH]c(=O)[nH]c2=O)o1. The summed E-state index contributed by atoms with van der Waals surface area (Å²) in [5.41, 5.74) is 0.930. The third kappa shape index (κ3) is 4.45. The summed E-state index contributed by atoms with van der Waals surface area (Å²) in [7, 11) is 0. The van der Waals surface area contributed by atoms with E-state index in [1.54, 1.807) is 19.1 Å². The molecule has 21 heavy (non-hydrogen) atoms. The van der Waals surface area contributed by atoms with Crippen molar-refractivity contribution in [3.8, 4) is 0 Å². The Morgan fingerprint density at radius 3 is 3.00 bits per heavy atom. The quantitative estimate of drug-likeness (QED) is 0.391. The first-order chi connectivity index (χ1) is 10.0. The molecule has 0 radical (unpaired) electrons. The van der Waals surface area contributed by atoms with Crippen LogP contribution in [0.2, 0.25) is 0 Å². The highest BCUT2D eigenvalue weighted by Crippen LogP contribution is 2.07. The Morgan fingerprint density at radius 1 is 1.52 bits per heavy atom. The molecule has 2 heterocycles. The zero-order valence-corrected chi connectivity index (χ0v) is 11.7. The molecule has 2 aromatic rings. The molecule has 0 spiro atoms. The lowest BCUT2D eigenvalue weighted by Crippen LogP contribution is -2.26. The second-order valence-electron chi connectivity index (χ2n) is 3.84. The molecule has 0 aliphatic carbocycles. The van der Waals surface area contributed by atoms with Gasteiger partial charge in [-0.15, -0.1) is 0 Å². The summed E-state index contributed by atoms with van der Waals surface area (Å²) in [6.07, 6.45) is 1.36. The number of nitrogens with one attached hydrogen (secondary N) is 3. The van der Waals surface area contributed by atoms with Crippen LogP contribution in [0.1, 0.15) is 11.5 Å². The van der Waals surface area contributed by atoms with Crippen molar-refractivity contribution in [1.29, 1.82) is 0 Å². The number of carbonyl (C=O) groups excluding carboxylic acids is 1. The van der Waals surface area contributed by atoms with Gasteiger partial charge in [0.05, 0.1) is 12.0 Å². The molecule has 0 saturated carbocycles. The largest absolute Gasteiger partial charge is 0.460 e. The molecule has 1 amide bonds. The van der Waals surface area contributed by atoms with Gasteiger partial charge in [0.2, 0.25) is 5.91 Å². The molecule has 0 aromatic carbocycles. The highest BCUT2D eigenvalue weighted by atomic mass is 32.2. The maximum atomic E-state index is 11.5. The molecule has 9 nitrogen and oxygen atoms in total. The van der Waals surface area contributed by atoms with Gasteiger partial charge in [0.1, 0.15) is 11.5 Å². The third-order valence-electron chi connectivity index (χ3n) is 2.16. The molecule has 0 aliphatic heterocycles. The number of aromatic amines is 2. The molecule has 10 heteroatoms. The number of aryl methyl sites for hydroxylation is 1. The van der Waals surface area contributed by atoms with Gasteiger partial charge in [-0.3, -0.25) is 14.6 Å². The zero-order valence-electron chi connectivity index (χ0n) is 10.9. The van der Waals surface area contributed by atoms with E-state index in [4.69, 9.17) is 4.42 Å². The molecule has 0 fully saturated rings. The zero-order chi connectivity index (χ0) is 15.2. The minimum Gasteiger partial charge on any atom is -0.460 e. The molecular formula is C11H11N5O4S. The lowest BCUT2D eigenvalue weighted by Gasteiger charge is -1.98. The predicted octanol–water partition coefficient (Wildman–Crippen LogP) is -0.398. The molecule has 110 valence electrons. The second-order valence-corrected chi connectivity index (χ2v) is 4.81. The van der Waals surface area contributed by atoms with Crippen molar-refractivity contribution in [3.63, 3.8) is 0 Å². The average Bonchev–Trinajstić information content (AvgIpc) is 2.83. The number of nitrogens with zero attached hydrogens (tertiary/aromatic N) is 2. The summed E-state index contributed by atoms with van der Waals surface area (Å²) in [5.74, 6) is 0.754. The molecule has 0 unspecified atom stereocenters. The number of H-pyrrole nitrogens is 2. The monoisotopic (exact) mass is 309 g/mol. The average molecular weight is 309 g/mol. The summed E-state index contributed by atoms with van der Waals surface area (Å²) in [5, 5.41) is 9.31. The standard InChI is InChI=1S/C11H11N5O4S/c1-6-2-3-7(20-6)4-12-14-8(17)5-21-10-9(18)13-11(19)16-15-10/h2-4H,5H2,1H3,(H,14,17)(H2,13,16,18,19)/b12-4+. The van der Waals surface area contributed by atoms with Gasteiger partial charge in [0.25, 0.3) is 5.56 Å². The Morgan fingerprint density at radius 2 is 2.33 bits per heavy atom. The van der Waals surface area contributed by atoms with E-state index in [0.29, 0.717) is 5.76 Å². The maximum Gasteiger partial charge on any atom is 0.342 e. The predicted molar refractivity (Wildman–Crippen MR) is 75.4 cm³/mol. The van der Waals surface area contributed by atoms with Crippen LogP contribution in [0.5, 0.6) is 0 Å². The highest BCUT2D eigenvalue weighted by molar-refractivity contribution is 7.99. The summed E-state index contributed by atoms with van der Waals surface area (Å²) in [4.78, 5) is 35.6. The number of furan rings is 1. The molecule has 2 rings (SSSR count). The number of hydrogen-bond acceptors (Lipinski definition) is 7. The fraction of sp³-hybridized carbons (Fsp3) is 0.182. The number of hydrazone groups is 1. The molecule has 3 N–H and O–H groups in total. The number of amides is 1. The highest BCUT2D eigenvalue weighted by Gasteiger charge is 2.07. The first-order valence-corrected chi connectivity index (χ1v) is 6.73. The van der Waals surface area contributed by atoms with E-state index < -0.39 is 17.2 Å². The number of aromatic nitrogens is 3. The van der Waals surface area contributed by atoms with Crippen LogP contribution in [0.15, 0.2) is 36.3 Å². The van der Waals surface area contributed by atoms with Crippen LogP contribution in [-0.2, 0) is 4.79 Å². The third-order valence-corrected chi connectivity index (χ3v) is 3.12. The Kier molecular flexibility index (Phi) is 4.72. The number of rotatable bonds is 5. The lowest BCUT2D eigenvalue weighted by molar-refractivity contribution is -0.118. The van der Waals surface area contributed by atoms with E-state index >= 15 is 0 Å². The van der Waals surface area contributed by atoms with Gasteiger partial charge in [0.15, 0.2) is 5.03 Å². The summed E-state index contributed by atoms with van der Waals surface area (Å²) in [6.45, 7) is 1.79. The van der Waals surface area contributed by atoms with Gasteiger partial charge < -0.3 is 4.42 Å². The summed E-state index contributed by atoms with van der Waals surface area (Å²) >= 11 is 0.880. The topological polar surface area (TPSA) is 133 Å². The summed E-state index contributed by atoms with van der Waals surface area (Å²) < 4.78 is 5.23. The van der Waals surface area contributed by atoms with Gasteiger partial charge in [0, 0.05) is 0 Å². The smallest absolute Gasteiger partial charge is 0.342 e. The van der Waals surface area contributed by atoms with E-state index in [9.17, 15) is 14.4 Å². The fourth-order valence-corrected chi connectivity index (χ4v) is 1.92. The van der Waals surface area contributed by atoms with E-state index in [0.717, 1.165) is 17.5 Å². The lowest BCUT2D eigenvalue weighted by atomic mass is 10.4. The van der Waals surface area contributed by atoms with Crippen molar-refractivity contribution >= 4 is 23.9 Å². The van der Waals surface area contributed by atoms with Crippen LogP contribution < -0.4 is 16.7 Å². The molecule has 0 saturated heterocycles. The van der Waals surface area contributed by atoms with Gasteiger partial charge in [-0.1, -0.05) is 11.8 Å². The van der Waals surface area contributed by atoms with Gasteiger partial charge in [-0.05, 0) is 19.1 Å². The van der Waals surface area contributed by atoms with Crippen LogP contribution in [0.25, 0.3) is 0 Å². The van der Waals surface area contributed by atoms with Crippen LogP contribution in [0.3, 0.4) is 0 Å². The van der Waals surface area contributed by atoms with Crippen molar-refractivity contribution in [2.75, 3.05) is 5.75 Å². The first-order valence-electron chi connectivity index (χ1n) is 5.75. The van der Waals surface area contributed by atoms with E-state index in [-0.39, 0.29) is 10.8 Å². The normalized spacial score (nSPS) is 10.9. The van der Waals surface area contributed by atoms with Crippen LogP contribution in [0.4, 0.5) is 0 Å². The van der Waals surface area contributed by atoms with Crippen molar-refractivity contribution in [2.45, 2.75) is 11.9 Å². The maximum absolute atomic E-state index is 11.5. The molecular weight excluding hydrogens is 298 g/mol. The van der Waals surface area contributed by atoms with Gasteiger partial charge in [-0.25, -0.2) is 15.3 Å². The minimum absolute atomic E-state index is 0.00427. The van der Waals surface area contributed by atoms with Crippen LogP contribution in [-0.4, -0.2) is 33.1 Å².